The van der Waals surface area contributed by atoms with E-state index >= 15 is 0 Å². The highest BCUT2D eigenvalue weighted by molar-refractivity contribution is 5.85. The van der Waals surface area contributed by atoms with Crippen molar-refractivity contribution in [1.29, 1.82) is 0 Å². The van der Waals surface area contributed by atoms with Gasteiger partial charge in [0.15, 0.2) is 11.5 Å². The van der Waals surface area contributed by atoms with Crippen molar-refractivity contribution in [2.75, 3.05) is 6.79 Å². The minimum absolute atomic E-state index is 0. The van der Waals surface area contributed by atoms with Crippen LogP contribution in [0.15, 0.2) is 49.4 Å². The van der Waals surface area contributed by atoms with Crippen molar-refractivity contribution in [3.8, 4) is 17.2 Å². The maximum Gasteiger partial charge on any atom is 0.231 e. The molecule has 21 heavy (non-hydrogen) atoms. The van der Waals surface area contributed by atoms with Crippen LogP contribution in [-0.2, 0) is 6.54 Å². The van der Waals surface area contributed by atoms with E-state index in [1.54, 1.807) is 18.9 Å². The van der Waals surface area contributed by atoms with Crippen LogP contribution in [-0.4, -0.2) is 25.9 Å². The Kier molecular flexibility index (Phi) is 3.53. The summed E-state index contributed by atoms with van der Waals surface area (Å²) in [5.74, 6) is 1.56. The van der Waals surface area contributed by atoms with Crippen molar-refractivity contribution >= 4 is 12.4 Å². The molecule has 0 N–H and O–H groups in total. The monoisotopic (exact) mass is 304 g/mol. The van der Waals surface area contributed by atoms with Crippen LogP contribution in [0.1, 0.15) is 5.69 Å². The Hall–Kier alpha value is -2.47. The summed E-state index contributed by atoms with van der Waals surface area (Å²) in [6, 6.07) is 5.84. The molecule has 0 radical (unpaired) electrons. The fourth-order valence-electron chi connectivity index (χ4n) is 2.20. The molecule has 0 atom stereocenters. The van der Waals surface area contributed by atoms with Crippen LogP contribution in [0.25, 0.3) is 5.69 Å². The lowest BCUT2D eigenvalue weighted by Crippen LogP contribution is -1.96. The Morgan fingerprint density at radius 1 is 1.14 bits per heavy atom. The summed E-state index contributed by atoms with van der Waals surface area (Å²) < 4.78 is 14.6. The third-order valence-corrected chi connectivity index (χ3v) is 3.19. The second-order valence-corrected chi connectivity index (χ2v) is 4.54. The molecule has 3 heterocycles. The first-order chi connectivity index (χ1) is 9.88. The average Bonchev–Trinajstić information content (AvgIpc) is 3.19. The van der Waals surface area contributed by atoms with Gasteiger partial charge in [-0.25, -0.2) is 9.97 Å². The zero-order chi connectivity index (χ0) is 13.4. The predicted octanol–water partition coefficient (Wildman–Crippen LogP) is 2.27. The standard InChI is InChI=1S/C14H12N4O2.ClH/c1-2-13-14(20-10-19-13)5-12(1)18-7-11(16-9-18)6-17-4-3-15-8-17;/h1-5,7-9H,6,10H2;1H. The van der Waals surface area contributed by atoms with Gasteiger partial charge in [0.25, 0.3) is 0 Å². The molecule has 0 amide bonds. The third-order valence-electron chi connectivity index (χ3n) is 3.19. The number of hydrogen-bond donors (Lipinski definition) is 0. The topological polar surface area (TPSA) is 54.1 Å². The maximum absolute atomic E-state index is 5.38. The summed E-state index contributed by atoms with van der Waals surface area (Å²) in [7, 11) is 0. The van der Waals surface area contributed by atoms with Gasteiger partial charge in [0, 0.05) is 24.7 Å². The van der Waals surface area contributed by atoms with Crippen LogP contribution in [0.5, 0.6) is 11.5 Å². The lowest BCUT2D eigenvalue weighted by atomic mass is 10.3. The number of rotatable bonds is 3. The highest BCUT2D eigenvalue weighted by Crippen LogP contribution is 2.33. The van der Waals surface area contributed by atoms with Gasteiger partial charge in [-0.3, -0.25) is 0 Å². The molecule has 4 rings (SSSR count). The normalized spacial score (nSPS) is 12.2. The van der Waals surface area contributed by atoms with Crippen LogP contribution in [0.4, 0.5) is 0 Å². The second-order valence-electron chi connectivity index (χ2n) is 4.54. The van der Waals surface area contributed by atoms with E-state index in [1.165, 1.54) is 0 Å². The van der Waals surface area contributed by atoms with Gasteiger partial charge in [-0.15, -0.1) is 12.4 Å². The molecule has 0 unspecified atom stereocenters. The van der Waals surface area contributed by atoms with Gasteiger partial charge in [-0.05, 0) is 12.1 Å². The Labute approximate surface area is 127 Å². The summed E-state index contributed by atoms with van der Waals surface area (Å²) >= 11 is 0. The highest BCUT2D eigenvalue weighted by Gasteiger charge is 2.14. The third kappa shape index (κ3) is 2.57. The smallest absolute Gasteiger partial charge is 0.231 e. The van der Waals surface area contributed by atoms with E-state index in [1.807, 2.05) is 39.7 Å². The zero-order valence-electron chi connectivity index (χ0n) is 11.0. The number of hydrogen-bond acceptors (Lipinski definition) is 4. The molecule has 1 aromatic carbocycles. The molecule has 0 saturated heterocycles. The van der Waals surface area contributed by atoms with Gasteiger partial charge in [0.05, 0.1) is 30.6 Å². The number of aromatic nitrogens is 4. The van der Waals surface area contributed by atoms with Crippen LogP contribution in [0.2, 0.25) is 0 Å². The number of nitrogens with zero attached hydrogens (tertiary/aromatic N) is 4. The molecule has 0 fully saturated rings. The molecule has 0 bridgehead atoms. The molecular weight excluding hydrogens is 292 g/mol. The van der Waals surface area contributed by atoms with Crippen molar-refractivity contribution in [2.24, 2.45) is 0 Å². The molecule has 3 aromatic rings. The first-order valence-corrected chi connectivity index (χ1v) is 6.27. The number of ether oxygens (including phenoxy) is 2. The van der Waals surface area contributed by atoms with E-state index in [9.17, 15) is 0 Å². The van der Waals surface area contributed by atoms with Crippen molar-refractivity contribution in [2.45, 2.75) is 6.54 Å². The second kappa shape index (κ2) is 5.49. The highest BCUT2D eigenvalue weighted by atomic mass is 35.5. The molecule has 108 valence electrons. The fraction of sp³-hybridized carbons (Fsp3) is 0.143. The molecule has 0 aliphatic carbocycles. The lowest BCUT2D eigenvalue weighted by Gasteiger charge is -2.03. The predicted molar refractivity (Wildman–Crippen MR) is 78.3 cm³/mol. The number of halogens is 1. The Morgan fingerprint density at radius 2 is 2.05 bits per heavy atom. The van der Waals surface area contributed by atoms with Crippen LogP contribution < -0.4 is 9.47 Å². The SMILES string of the molecule is Cl.c1cn(Cc2cn(-c3ccc4c(c3)OCO4)cn2)cn1. The van der Waals surface area contributed by atoms with Crippen molar-refractivity contribution in [3.63, 3.8) is 0 Å². The van der Waals surface area contributed by atoms with E-state index in [4.69, 9.17) is 9.47 Å². The zero-order valence-corrected chi connectivity index (χ0v) is 11.9. The van der Waals surface area contributed by atoms with E-state index in [0.717, 1.165) is 22.9 Å². The summed E-state index contributed by atoms with van der Waals surface area (Å²) in [5.41, 5.74) is 1.97. The molecule has 0 spiro atoms. The Balaban J connectivity index is 0.00000132. The minimum atomic E-state index is 0. The molecule has 7 heteroatoms. The van der Waals surface area contributed by atoms with E-state index in [0.29, 0.717) is 6.54 Å². The van der Waals surface area contributed by atoms with E-state index < -0.39 is 0 Å². The summed E-state index contributed by atoms with van der Waals surface area (Å²) in [6.45, 7) is 0.992. The molecule has 6 nitrogen and oxygen atoms in total. The first kappa shape index (κ1) is 13.5. The molecular formula is C14H13ClN4O2. The average molecular weight is 305 g/mol. The van der Waals surface area contributed by atoms with Gasteiger partial charge in [-0.2, -0.15) is 0 Å². The largest absolute Gasteiger partial charge is 0.454 e. The Bertz CT molecular complexity index is 739. The first-order valence-electron chi connectivity index (χ1n) is 6.27. The van der Waals surface area contributed by atoms with E-state index in [2.05, 4.69) is 9.97 Å². The van der Waals surface area contributed by atoms with E-state index in [-0.39, 0.29) is 19.2 Å². The van der Waals surface area contributed by atoms with Gasteiger partial charge in [0.1, 0.15) is 0 Å². The van der Waals surface area contributed by atoms with Crippen LogP contribution in [0.3, 0.4) is 0 Å². The minimum Gasteiger partial charge on any atom is -0.454 e. The number of fused-ring (bicyclic) bond motifs is 1. The summed E-state index contributed by atoms with van der Waals surface area (Å²) in [5, 5.41) is 0. The maximum atomic E-state index is 5.38. The van der Waals surface area contributed by atoms with Gasteiger partial charge >= 0.3 is 0 Å². The van der Waals surface area contributed by atoms with Gasteiger partial charge in [-0.1, -0.05) is 0 Å². The molecule has 0 saturated carbocycles. The molecule has 1 aliphatic heterocycles. The van der Waals surface area contributed by atoms with Crippen LogP contribution in [0, 0.1) is 0 Å². The number of imidazole rings is 2. The van der Waals surface area contributed by atoms with Crippen LogP contribution >= 0.6 is 12.4 Å². The molecule has 1 aliphatic rings. The summed E-state index contributed by atoms with van der Waals surface area (Å²) in [4.78, 5) is 8.42. The van der Waals surface area contributed by atoms with Crippen molar-refractivity contribution in [1.82, 2.24) is 19.1 Å². The fourth-order valence-corrected chi connectivity index (χ4v) is 2.20. The van der Waals surface area contributed by atoms with Gasteiger partial charge in [0.2, 0.25) is 6.79 Å². The lowest BCUT2D eigenvalue weighted by molar-refractivity contribution is 0.174. The summed E-state index contributed by atoms with van der Waals surface area (Å²) in [6.07, 6.45) is 9.25. The van der Waals surface area contributed by atoms with Gasteiger partial charge < -0.3 is 18.6 Å². The Morgan fingerprint density at radius 3 is 2.90 bits per heavy atom. The van der Waals surface area contributed by atoms with Crippen molar-refractivity contribution in [3.05, 3.63) is 55.1 Å². The molecule has 2 aromatic heterocycles. The number of benzene rings is 1. The quantitative estimate of drug-likeness (QED) is 0.745. The van der Waals surface area contributed by atoms with Crippen molar-refractivity contribution < 1.29 is 9.47 Å².